The number of ether oxygens (including phenoxy) is 2. The molecule has 30 heavy (non-hydrogen) atoms. The van der Waals surface area contributed by atoms with Crippen LogP contribution in [0.3, 0.4) is 0 Å². The van der Waals surface area contributed by atoms with Gasteiger partial charge < -0.3 is 19.7 Å². The molecular weight excluding hydrogens is 410 g/mol. The Labute approximate surface area is 177 Å². The third-order valence-electron chi connectivity index (χ3n) is 5.81. The molecule has 2 heterocycles. The van der Waals surface area contributed by atoms with Gasteiger partial charge in [-0.1, -0.05) is 0 Å². The molecule has 2 amide bonds. The lowest BCUT2D eigenvalue weighted by Crippen LogP contribution is -2.48. The number of nitrogens with one attached hydrogen (secondary N) is 1. The first-order chi connectivity index (χ1) is 14.2. The van der Waals surface area contributed by atoms with Crippen molar-refractivity contribution in [3.8, 4) is 11.5 Å². The van der Waals surface area contributed by atoms with Gasteiger partial charge in [0.2, 0.25) is 21.8 Å². The van der Waals surface area contributed by atoms with E-state index in [1.165, 1.54) is 10.6 Å². The van der Waals surface area contributed by atoms with Crippen LogP contribution in [-0.2, 0) is 26.2 Å². The number of amides is 2. The van der Waals surface area contributed by atoms with E-state index < -0.39 is 10.0 Å². The summed E-state index contributed by atoms with van der Waals surface area (Å²) in [7, 11) is -0.221. The lowest BCUT2D eigenvalue weighted by Gasteiger charge is -2.29. The predicted molar refractivity (Wildman–Crippen MR) is 111 cm³/mol. The topological polar surface area (TPSA) is 105 Å². The minimum Gasteiger partial charge on any atom is -0.497 e. The van der Waals surface area contributed by atoms with Gasteiger partial charge >= 0.3 is 0 Å². The fourth-order valence-corrected chi connectivity index (χ4v) is 5.06. The number of benzene rings is 1. The molecule has 0 aliphatic carbocycles. The van der Waals surface area contributed by atoms with Crippen LogP contribution < -0.4 is 14.8 Å². The third-order valence-corrected chi connectivity index (χ3v) is 7.05. The molecule has 1 aromatic rings. The molecule has 10 heteroatoms. The highest BCUT2D eigenvalue weighted by Gasteiger charge is 2.43. The number of sulfonamides is 1. The third kappa shape index (κ3) is 5.04. The van der Waals surface area contributed by atoms with Crippen LogP contribution in [0.15, 0.2) is 18.2 Å². The molecule has 3 rings (SSSR count). The zero-order valence-electron chi connectivity index (χ0n) is 17.6. The number of carbonyl (C=O) groups excluding carboxylic acids is 2. The van der Waals surface area contributed by atoms with Crippen LogP contribution in [0.2, 0.25) is 0 Å². The largest absolute Gasteiger partial charge is 0.497 e. The summed E-state index contributed by atoms with van der Waals surface area (Å²) in [5.74, 6) is 0.912. The molecule has 0 saturated carbocycles. The summed E-state index contributed by atoms with van der Waals surface area (Å²) in [6.45, 7) is 0.806. The average Bonchev–Trinajstić information content (AvgIpc) is 3.08. The van der Waals surface area contributed by atoms with E-state index in [1.54, 1.807) is 31.3 Å². The van der Waals surface area contributed by atoms with E-state index in [4.69, 9.17) is 9.47 Å². The van der Waals surface area contributed by atoms with Gasteiger partial charge in [-0.25, -0.2) is 8.42 Å². The van der Waals surface area contributed by atoms with Gasteiger partial charge in [-0.15, -0.1) is 0 Å². The highest BCUT2D eigenvalue weighted by atomic mass is 32.2. The van der Waals surface area contributed by atoms with Crippen molar-refractivity contribution in [3.05, 3.63) is 23.8 Å². The van der Waals surface area contributed by atoms with Gasteiger partial charge in [-0.05, 0) is 30.9 Å². The van der Waals surface area contributed by atoms with Crippen molar-refractivity contribution in [2.24, 2.45) is 5.92 Å². The Balaban J connectivity index is 1.66. The van der Waals surface area contributed by atoms with Gasteiger partial charge in [-0.2, -0.15) is 4.31 Å². The molecular formula is C20H29N3O6S. The summed E-state index contributed by atoms with van der Waals surface area (Å²) in [4.78, 5) is 26.8. The normalized spacial score (nSPS) is 22.4. The van der Waals surface area contributed by atoms with Crippen LogP contribution in [0.1, 0.15) is 24.8 Å². The monoisotopic (exact) mass is 439 g/mol. The second-order valence-corrected chi connectivity index (χ2v) is 9.76. The summed E-state index contributed by atoms with van der Waals surface area (Å²) < 4.78 is 35.9. The molecule has 1 aromatic carbocycles. The Hall–Kier alpha value is -2.33. The summed E-state index contributed by atoms with van der Waals surface area (Å²) in [6, 6.07) is 5.07. The first kappa shape index (κ1) is 22.4. The molecule has 1 N–H and O–H groups in total. The molecule has 166 valence electrons. The van der Waals surface area contributed by atoms with E-state index in [0.717, 1.165) is 12.0 Å². The molecule has 2 aliphatic rings. The van der Waals surface area contributed by atoms with Crippen LogP contribution in [0.25, 0.3) is 0 Å². The Morgan fingerprint density at radius 3 is 2.67 bits per heavy atom. The Bertz CT molecular complexity index is 904. The smallest absolute Gasteiger partial charge is 0.239 e. The van der Waals surface area contributed by atoms with E-state index in [1.807, 2.05) is 6.07 Å². The van der Waals surface area contributed by atoms with E-state index in [-0.39, 0.29) is 43.4 Å². The maximum Gasteiger partial charge on any atom is 0.239 e. The number of methoxy groups -OCH3 is 2. The second kappa shape index (κ2) is 9.22. The number of carbonyl (C=O) groups is 2. The minimum absolute atomic E-state index is 0.0562. The summed E-state index contributed by atoms with van der Waals surface area (Å²) >= 11 is 0. The van der Waals surface area contributed by atoms with Crippen molar-refractivity contribution < 1.29 is 27.5 Å². The number of rotatable bonds is 7. The minimum atomic E-state index is -3.33. The van der Waals surface area contributed by atoms with Gasteiger partial charge in [0.15, 0.2) is 0 Å². The van der Waals surface area contributed by atoms with Crippen LogP contribution >= 0.6 is 0 Å². The molecule has 2 atom stereocenters. The van der Waals surface area contributed by atoms with Crippen LogP contribution in [0.4, 0.5) is 0 Å². The first-order valence-corrected chi connectivity index (χ1v) is 11.8. The maximum absolute atomic E-state index is 12.6. The second-order valence-electron chi connectivity index (χ2n) is 7.78. The van der Waals surface area contributed by atoms with Crippen molar-refractivity contribution in [2.75, 3.05) is 40.1 Å². The van der Waals surface area contributed by atoms with Crippen molar-refractivity contribution in [1.29, 1.82) is 0 Å². The van der Waals surface area contributed by atoms with Crippen molar-refractivity contribution in [1.82, 2.24) is 14.5 Å². The zero-order chi connectivity index (χ0) is 21.9. The van der Waals surface area contributed by atoms with Gasteiger partial charge in [0.1, 0.15) is 11.5 Å². The summed E-state index contributed by atoms with van der Waals surface area (Å²) in [5, 5.41) is 2.84. The van der Waals surface area contributed by atoms with E-state index in [0.29, 0.717) is 30.9 Å². The number of hydrogen-bond acceptors (Lipinski definition) is 6. The highest BCUT2D eigenvalue weighted by molar-refractivity contribution is 7.88. The van der Waals surface area contributed by atoms with Gasteiger partial charge in [0, 0.05) is 37.7 Å². The van der Waals surface area contributed by atoms with E-state index in [2.05, 4.69) is 5.32 Å². The molecule has 2 aliphatic heterocycles. The fraction of sp³-hybridized carbons (Fsp3) is 0.600. The van der Waals surface area contributed by atoms with Gasteiger partial charge in [0.05, 0.1) is 33.1 Å². The van der Waals surface area contributed by atoms with E-state index >= 15 is 0 Å². The molecule has 2 fully saturated rings. The molecule has 0 radical (unpaired) electrons. The SMILES string of the molecule is COc1ccc(CNC(=O)CN2C(=O)CCC[C@@H]3CN(S(C)(=O)=O)C[C@@H]32)c(OC)c1. The zero-order valence-corrected chi connectivity index (χ0v) is 18.4. The van der Waals surface area contributed by atoms with Gasteiger partial charge in [0.25, 0.3) is 0 Å². The molecule has 2 saturated heterocycles. The van der Waals surface area contributed by atoms with Gasteiger partial charge in [-0.3, -0.25) is 9.59 Å². The lowest BCUT2D eigenvalue weighted by atomic mass is 9.98. The van der Waals surface area contributed by atoms with E-state index in [9.17, 15) is 18.0 Å². The maximum atomic E-state index is 12.6. The number of hydrogen-bond donors (Lipinski definition) is 1. The van der Waals surface area contributed by atoms with Crippen molar-refractivity contribution in [3.63, 3.8) is 0 Å². The Kier molecular flexibility index (Phi) is 6.87. The highest BCUT2D eigenvalue weighted by Crippen LogP contribution is 2.31. The van der Waals surface area contributed by atoms with Crippen LogP contribution in [-0.4, -0.2) is 75.6 Å². The molecule has 0 bridgehead atoms. The Morgan fingerprint density at radius 1 is 1.23 bits per heavy atom. The average molecular weight is 440 g/mol. The number of likely N-dealkylation sites (tertiary alicyclic amines) is 1. The first-order valence-electron chi connectivity index (χ1n) is 9.95. The molecule has 0 unspecified atom stereocenters. The quantitative estimate of drug-likeness (QED) is 0.667. The van der Waals surface area contributed by atoms with Crippen LogP contribution in [0, 0.1) is 5.92 Å². The molecule has 0 aromatic heterocycles. The van der Waals surface area contributed by atoms with Crippen LogP contribution in [0.5, 0.6) is 11.5 Å². The predicted octanol–water partition coefficient (Wildman–Crippen LogP) is 0.593. The number of nitrogens with zero attached hydrogens (tertiary/aromatic N) is 2. The number of fused-ring (bicyclic) bond motifs is 1. The van der Waals surface area contributed by atoms with Crippen molar-refractivity contribution >= 4 is 21.8 Å². The standard InChI is InChI=1S/C20H29N3O6S/c1-28-16-8-7-14(18(9-16)29-2)10-21-19(24)13-23-17-12-22(30(3,26)27)11-15(17)5-4-6-20(23)25/h7-9,15,17H,4-6,10-13H2,1-3H3,(H,21,24)/t15-,17+/m1/s1. The molecule has 9 nitrogen and oxygen atoms in total. The van der Waals surface area contributed by atoms with Crippen molar-refractivity contribution in [2.45, 2.75) is 31.8 Å². The fourth-order valence-electron chi connectivity index (χ4n) is 4.17. The molecule has 0 spiro atoms. The summed E-state index contributed by atoms with van der Waals surface area (Å²) in [5.41, 5.74) is 0.788. The Morgan fingerprint density at radius 2 is 2.00 bits per heavy atom. The lowest BCUT2D eigenvalue weighted by molar-refractivity contribution is -0.138. The summed E-state index contributed by atoms with van der Waals surface area (Å²) in [6.07, 6.45) is 3.05.